The fraction of sp³-hybridized carbons (Fsp3) is 1.00. The Bertz CT molecular complexity index is 334. The molecule has 1 N–H and O–H groups in total. The van der Waals surface area contributed by atoms with Crippen LogP contribution in [0.15, 0.2) is 0 Å². The Kier molecular flexibility index (Phi) is 5.80. The van der Waals surface area contributed by atoms with Crippen molar-refractivity contribution in [2.75, 3.05) is 6.61 Å². The highest BCUT2D eigenvalue weighted by Crippen LogP contribution is 2.43. The maximum Gasteiger partial charge on any atom is 0.195 e. The minimum atomic E-state index is -0.704. The molecule has 1 aliphatic heterocycles. The molecular weight excluding hydrogens is 276 g/mol. The van der Waals surface area contributed by atoms with E-state index in [2.05, 4.69) is 6.92 Å². The van der Waals surface area contributed by atoms with E-state index in [0.29, 0.717) is 18.4 Å². The van der Waals surface area contributed by atoms with E-state index in [1.807, 2.05) is 0 Å². The van der Waals surface area contributed by atoms with E-state index in [4.69, 9.17) is 9.47 Å². The predicted molar refractivity (Wildman–Crippen MR) is 87.6 cm³/mol. The first-order valence-corrected chi connectivity index (χ1v) is 9.73. The Hall–Kier alpha value is -0.120. The molecule has 2 saturated carbocycles. The van der Waals surface area contributed by atoms with Crippen molar-refractivity contribution in [2.45, 2.75) is 102 Å². The molecule has 3 atom stereocenters. The SMILES string of the molecule is CCC1COC(CC2CCCCC2)(C(O)C2CCCCC2)O1. The lowest BCUT2D eigenvalue weighted by molar-refractivity contribution is -0.253. The minimum absolute atomic E-state index is 0.168. The van der Waals surface area contributed by atoms with Gasteiger partial charge in [-0.15, -0.1) is 0 Å². The summed E-state index contributed by atoms with van der Waals surface area (Å²) < 4.78 is 12.5. The van der Waals surface area contributed by atoms with Crippen molar-refractivity contribution in [2.24, 2.45) is 11.8 Å². The van der Waals surface area contributed by atoms with E-state index in [0.717, 1.165) is 25.7 Å². The zero-order valence-electron chi connectivity index (χ0n) is 14.3. The van der Waals surface area contributed by atoms with Gasteiger partial charge in [-0.1, -0.05) is 58.3 Å². The molecule has 0 spiro atoms. The largest absolute Gasteiger partial charge is 0.387 e. The van der Waals surface area contributed by atoms with Crippen LogP contribution in [0.5, 0.6) is 0 Å². The van der Waals surface area contributed by atoms with Crippen LogP contribution in [0.2, 0.25) is 0 Å². The van der Waals surface area contributed by atoms with Crippen LogP contribution >= 0.6 is 0 Å². The summed E-state index contributed by atoms with van der Waals surface area (Å²) >= 11 is 0. The van der Waals surface area contributed by atoms with Crippen LogP contribution in [0.4, 0.5) is 0 Å². The van der Waals surface area contributed by atoms with E-state index in [1.54, 1.807) is 0 Å². The van der Waals surface area contributed by atoms with Gasteiger partial charge in [0.1, 0.15) is 6.10 Å². The van der Waals surface area contributed by atoms with Crippen molar-refractivity contribution < 1.29 is 14.6 Å². The highest BCUT2D eigenvalue weighted by atomic mass is 16.8. The summed E-state index contributed by atoms with van der Waals surface area (Å²) in [6, 6.07) is 0. The highest BCUT2D eigenvalue weighted by Gasteiger charge is 2.50. The summed E-state index contributed by atoms with van der Waals surface area (Å²) in [6.45, 7) is 2.81. The van der Waals surface area contributed by atoms with E-state index < -0.39 is 11.9 Å². The molecule has 0 aromatic rings. The van der Waals surface area contributed by atoms with Gasteiger partial charge in [0.15, 0.2) is 5.79 Å². The van der Waals surface area contributed by atoms with Gasteiger partial charge in [-0.25, -0.2) is 0 Å². The van der Waals surface area contributed by atoms with Crippen LogP contribution in [0.3, 0.4) is 0 Å². The molecule has 3 heteroatoms. The molecule has 1 heterocycles. The van der Waals surface area contributed by atoms with Crippen LogP contribution in [0.1, 0.15) is 84.0 Å². The monoisotopic (exact) mass is 310 g/mol. The topological polar surface area (TPSA) is 38.7 Å². The zero-order chi connectivity index (χ0) is 15.4. The molecule has 0 amide bonds. The summed E-state index contributed by atoms with van der Waals surface area (Å²) in [5.74, 6) is 0.334. The number of hydrogen-bond donors (Lipinski definition) is 1. The fourth-order valence-corrected chi connectivity index (χ4v) is 4.77. The van der Waals surface area contributed by atoms with Gasteiger partial charge in [-0.2, -0.15) is 0 Å². The lowest BCUT2D eigenvalue weighted by Crippen LogP contribution is -2.50. The van der Waals surface area contributed by atoms with Gasteiger partial charge < -0.3 is 14.6 Å². The van der Waals surface area contributed by atoms with Crippen LogP contribution in [-0.4, -0.2) is 29.7 Å². The molecule has 3 fully saturated rings. The van der Waals surface area contributed by atoms with E-state index >= 15 is 0 Å². The average molecular weight is 310 g/mol. The molecule has 2 aliphatic carbocycles. The van der Waals surface area contributed by atoms with Crippen LogP contribution in [0.25, 0.3) is 0 Å². The third-order valence-electron chi connectivity index (χ3n) is 6.18. The molecule has 3 aliphatic rings. The molecular formula is C19H34O3. The Morgan fingerprint density at radius 1 is 1.00 bits per heavy atom. The van der Waals surface area contributed by atoms with Crippen LogP contribution < -0.4 is 0 Å². The molecule has 128 valence electrons. The summed E-state index contributed by atoms with van der Waals surface area (Å²) in [6.07, 6.45) is 14.3. The summed E-state index contributed by atoms with van der Waals surface area (Å²) in [5.41, 5.74) is 0. The summed E-state index contributed by atoms with van der Waals surface area (Å²) in [7, 11) is 0. The molecule has 0 radical (unpaired) electrons. The van der Waals surface area contributed by atoms with E-state index in [-0.39, 0.29) is 6.10 Å². The first-order valence-electron chi connectivity index (χ1n) is 9.73. The molecule has 22 heavy (non-hydrogen) atoms. The first kappa shape index (κ1) is 16.7. The third kappa shape index (κ3) is 3.68. The van der Waals surface area contributed by atoms with E-state index in [9.17, 15) is 5.11 Å². The molecule has 1 saturated heterocycles. The van der Waals surface area contributed by atoms with Crippen molar-refractivity contribution in [3.63, 3.8) is 0 Å². The Labute approximate surface area is 135 Å². The second-order valence-corrected chi connectivity index (χ2v) is 7.82. The smallest absolute Gasteiger partial charge is 0.195 e. The van der Waals surface area contributed by atoms with Crippen molar-refractivity contribution in [1.29, 1.82) is 0 Å². The maximum atomic E-state index is 11.1. The lowest BCUT2D eigenvalue weighted by Gasteiger charge is -2.41. The van der Waals surface area contributed by atoms with Crippen molar-refractivity contribution in [1.82, 2.24) is 0 Å². The Balaban J connectivity index is 1.70. The quantitative estimate of drug-likeness (QED) is 0.817. The minimum Gasteiger partial charge on any atom is -0.387 e. The second kappa shape index (κ2) is 7.63. The Morgan fingerprint density at radius 2 is 1.64 bits per heavy atom. The number of aliphatic hydroxyl groups excluding tert-OH is 1. The predicted octanol–water partition coefficient (Wildman–Crippen LogP) is 4.42. The van der Waals surface area contributed by atoms with Crippen molar-refractivity contribution >= 4 is 0 Å². The molecule has 0 aromatic heterocycles. The molecule has 0 bridgehead atoms. The number of aliphatic hydroxyl groups is 1. The van der Waals surface area contributed by atoms with Gasteiger partial charge in [0.2, 0.25) is 0 Å². The Morgan fingerprint density at radius 3 is 2.23 bits per heavy atom. The summed E-state index contributed by atoms with van der Waals surface area (Å²) in [5, 5.41) is 11.1. The number of ether oxygens (including phenoxy) is 2. The van der Waals surface area contributed by atoms with Crippen molar-refractivity contribution in [3.8, 4) is 0 Å². The van der Waals surface area contributed by atoms with Crippen LogP contribution in [0, 0.1) is 11.8 Å². The normalized spacial score (nSPS) is 36.5. The second-order valence-electron chi connectivity index (χ2n) is 7.82. The molecule has 3 nitrogen and oxygen atoms in total. The summed E-state index contributed by atoms with van der Waals surface area (Å²) in [4.78, 5) is 0. The van der Waals surface area contributed by atoms with Crippen LogP contribution in [-0.2, 0) is 9.47 Å². The lowest BCUT2D eigenvalue weighted by atomic mass is 9.77. The highest BCUT2D eigenvalue weighted by molar-refractivity contribution is 4.92. The number of rotatable bonds is 5. The van der Waals surface area contributed by atoms with Gasteiger partial charge in [0, 0.05) is 6.42 Å². The number of hydrogen-bond acceptors (Lipinski definition) is 3. The fourth-order valence-electron chi connectivity index (χ4n) is 4.77. The van der Waals surface area contributed by atoms with Crippen molar-refractivity contribution in [3.05, 3.63) is 0 Å². The average Bonchev–Trinajstić information content (AvgIpc) is 3.00. The van der Waals surface area contributed by atoms with Gasteiger partial charge in [-0.3, -0.25) is 0 Å². The van der Waals surface area contributed by atoms with Gasteiger partial charge in [-0.05, 0) is 31.1 Å². The van der Waals surface area contributed by atoms with Gasteiger partial charge in [0.25, 0.3) is 0 Å². The third-order valence-corrected chi connectivity index (χ3v) is 6.18. The van der Waals surface area contributed by atoms with E-state index in [1.165, 1.54) is 51.4 Å². The zero-order valence-corrected chi connectivity index (χ0v) is 14.3. The molecule has 0 aromatic carbocycles. The first-order chi connectivity index (χ1) is 10.7. The van der Waals surface area contributed by atoms with Gasteiger partial charge >= 0.3 is 0 Å². The maximum absolute atomic E-state index is 11.1. The standard InChI is InChI=1S/C19H34O3/c1-2-17-14-21-19(22-17,13-15-9-5-3-6-10-15)18(20)16-11-7-4-8-12-16/h15-18,20H,2-14H2,1H3. The van der Waals surface area contributed by atoms with Gasteiger partial charge in [0.05, 0.1) is 12.7 Å². The molecule has 3 unspecified atom stereocenters. The molecule has 3 rings (SSSR count).